The summed E-state index contributed by atoms with van der Waals surface area (Å²) in [5, 5.41) is 5.38. The van der Waals surface area contributed by atoms with E-state index in [9.17, 15) is 0 Å². The molecule has 1 aromatic carbocycles. The standard InChI is InChI=1S/C17H16ClN3S/c1-2-14-20-16(19-11-6-3-5-10(18)9-11)15-12-7-4-8-13(12)22-17(15)21-14/h3,5-6,9H,2,4,7-8H2,1H3,(H,19,20,21). The van der Waals surface area contributed by atoms with E-state index in [1.807, 2.05) is 35.6 Å². The topological polar surface area (TPSA) is 37.8 Å². The van der Waals surface area contributed by atoms with Gasteiger partial charge in [0.05, 0.1) is 5.39 Å². The number of halogens is 1. The molecule has 1 aliphatic carbocycles. The summed E-state index contributed by atoms with van der Waals surface area (Å²) in [4.78, 5) is 12.0. The van der Waals surface area contributed by atoms with Gasteiger partial charge in [0.25, 0.3) is 0 Å². The van der Waals surface area contributed by atoms with Crippen molar-refractivity contribution in [3.05, 3.63) is 45.6 Å². The van der Waals surface area contributed by atoms with E-state index in [2.05, 4.69) is 12.2 Å². The SMILES string of the molecule is CCc1nc(Nc2cccc(Cl)c2)c2c3c(sc2n1)CCC3. The molecule has 0 spiro atoms. The zero-order chi connectivity index (χ0) is 15.1. The molecule has 0 unspecified atom stereocenters. The molecule has 0 bridgehead atoms. The Bertz CT molecular complexity index is 856. The predicted molar refractivity (Wildman–Crippen MR) is 93.6 cm³/mol. The summed E-state index contributed by atoms with van der Waals surface area (Å²) in [6.45, 7) is 2.09. The van der Waals surface area contributed by atoms with E-state index < -0.39 is 0 Å². The molecule has 0 fully saturated rings. The Kier molecular flexibility index (Phi) is 3.51. The molecule has 0 radical (unpaired) electrons. The molecule has 3 aromatic rings. The molecule has 2 heterocycles. The van der Waals surface area contributed by atoms with Crippen LogP contribution in [0.15, 0.2) is 24.3 Å². The summed E-state index contributed by atoms with van der Waals surface area (Å²) < 4.78 is 0. The number of anilines is 2. The van der Waals surface area contributed by atoms with E-state index in [4.69, 9.17) is 21.6 Å². The second kappa shape index (κ2) is 5.52. The van der Waals surface area contributed by atoms with Gasteiger partial charge in [-0.15, -0.1) is 11.3 Å². The lowest BCUT2D eigenvalue weighted by atomic mass is 10.2. The van der Waals surface area contributed by atoms with Crippen molar-refractivity contribution in [1.82, 2.24) is 9.97 Å². The molecule has 22 heavy (non-hydrogen) atoms. The van der Waals surface area contributed by atoms with E-state index in [0.717, 1.165) is 40.0 Å². The van der Waals surface area contributed by atoms with Crippen LogP contribution in [0, 0.1) is 0 Å². The molecule has 4 rings (SSSR count). The Labute approximate surface area is 138 Å². The normalized spacial score (nSPS) is 13.5. The third-order valence-electron chi connectivity index (χ3n) is 4.01. The first-order chi connectivity index (χ1) is 10.7. The summed E-state index contributed by atoms with van der Waals surface area (Å²) in [6, 6.07) is 7.76. The highest BCUT2D eigenvalue weighted by atomic mass is 35.5. The molecular formula is C17H16ClN3S. The molecular weight excluding hydrogens is 314 g/mol. The van der Waals surface area contributed by atoms with Crippen molar-refractivity contribution in [3.8, 4) is 0 Å². The first-order valence-electron chi connectivity index (χ1n) is 7.58. The van der Waals surface area contributed by atoms with Crippen LogP contribution >= 0.6 is 22.9 Å². The molecule has 0 aliphatic heterocycles. The zero-order valence-electron chi connectivity index (χ0n) is 12.3. The summed E-state index contributed by atoms with van der Waals surface area (Å²) in [5.74, 6) is 1.81. The van der Waals surface area contributed by atoms with Crippen molar-refractivity contribution in [2.75, 3.05) is 5.32 Å². The number of rotatable bonds is 3. The molecule has 1 aliphatic rings. The molecule has 0 amide bonds. The fourth-order valence-electron chi connectivity index (χ4n) is 2.99. The van der Waals surface area contributed by atoms with Gasteiger partial charge in [-0.25, -0.2) is 9.97 Å². The van der Waals surface area contributed by atoms with Gasteiger partial charge in [0.1, 0.15) is 16.5 Å². The molecule has 1 N–H and O–H groups in total. The van der Waals surface area contributed by atoms with Gasteiger partial charge in [0, 0.05) is 22.0 Å². The Hall–Kier alpha value is -1.65. The summed E-state index contributed by atoms with van der Waals surface area (Å²) in [6.07, 6.45) is 4.38. The van der Waals surface area contributed by atoms with Crippen LogP contribution in [0.2, 0.25) is 5.02 Å². The average molecular weight is 330 g/mol. The minimum Gasteiger partial charge on any atom is -0.340 e. The Morgan fingerprint density at radius 3 is 3.00 bits per heavy atom. The molecule has 0 atom stereocenters. The van der Waals surface area contributed by atoms with Gasteiger partial charge in [-0.3, -0.25) is 0 Å². The Morgan fingerprint density at radius 2 is 2.18 bits per heavy atom. The number of aromatic nitrogens is 2. The maximum atomic E-state index is 6.09. The molecule has 0 saturated heterocycles. The maximum Gasteiger partial charge on any atom is 0.143 e. The summed E-state index contributed by atoms with van der Waals surface area (Å²) >= 11 is 7.92. The number of benzene rings is 1. The predicted octanol–water partition coefficient (Wildman–Crippen LogP) is 5.14. The third kappa shape index (κ3) is 2.36. The lowest BCUT2D eigenvalue weighted by Crippen LogP contribution is -2.00. The van der Waals surface area contributed by atoms with Crippen molar-refractivity contribution < 1.29 is 0 Å². The van der Waals surface area contributed by atoms with Crippen LogP contribution in [0.1, 0.15) is 29.6 Å². The molecule has 5 heteroatoms. The highest BCUT2D eigenvalue weighted by Crippen LogP contribution is 2.40. The zero-order valence-corrected chi connectivity index (χ0v) is 13.9. The van der Waals surface area contributed by atoms with Crippen molar-refractivity contribution >= 4 is 44.7 Å². The van der Waals surface area contributed by atoms with E-state index in [0.29, 0.717) is 0 Å². The van der Waals surface area contributed by atoms with Crippen molar-refractivity contribution in [2.45, 2.75) is 32.6 Å². The first kappa shape index (κ1) is 14.0. The average Bonchev–Trinajstić information content (AvgIpc) is 3.07. The van der Waals surface area contributed by atoms with Crippen molar-refractivity contribution in [1.29, 1.82) is 0 Å². The largest absolute Gasteiger partial charge is 0.340 e. The lowest BCUT2D eigenvalue weighted by molar-refractivity contribution is 0.915. The van der Waals surface area contributed by atoms with Crippen LogP contribution in [0.25, 0.3) is 10.2 Å². The number of thiophene rings is 1. The van der Waals surface area contributed by atoms with Gasteiger partial charge < -0.3 is 5.32 Å². The van der Waals surface area contributed by atoms with E-state index in [-0.39, 0.29) is 0 Å². The number of aryl methyl sites for hydroxylation is 3. The molecule has 112 valence electrons. The highest BCUT2D eigenvalue weighted by Gasteiger charge is 2.22. The Balaban J connectivity index is 1.87. The second-order valence-corrected chi connectivity index (χ2v) is 7.03. The number of nitrogens with one attached hydrogen (secondary N) is 1. The maximum absolute atomic E-state index is 6.09. The van der Waals surface area contributed by atoms with E-state index in [1.54, 1.807) is 0 Å². The van der Waals surface area contributed by atoms with E-state index >= 15 is 0 Å². The van der Waals surface area contributed by atoms with Gasteiger partial charge in [0.2, 0.25) is 0 Å². The van der Waals surface area contributed by atoms with Crippen LogP contribution in [-0.4, -0.2) is 9.97 Å². The molecule has 3 nitrogen and oxygen atoms in total. The van der Waals surface area contributed by atoms with Crippen LogP contribution in [0.5, 0.6) is 0 Å². The Morgan fingerprint density at radius 1 is 1.27 bits per heavy atom. The minimum absolute atomic E-state index is 0.724. The van der Waals surface area contributed by atoms with Gasteiger partial charge >= 0.3 is 0 Å². The van der Waals surface area contributed by atoms with Gasteiger partial charge in [-0.2, -0.15) is 0 Å². The van der Waals surface area contributed by atoms with Crippen LogP contribution in [0.4, 0.5) is 11.5 Å². The second-order valence-electron chi connectivity index (χ2n) is 5.51. The smallest absolute Gasteiger partial charge is 0.143 e. The van der Waals surface area contributed by atoms with Gasteiger partial charge in [-0.1, -0.05) is 24.6 Å². The number of fused-ring (bicyclic) bond motifs is 3. The highest BCUT2D eigenvalue weighted by molar-refractivity contribution is 7.19. The summed E-state index contributed by atoms with van der Waals surface area (Å²) in [5.41, 5.74) is 2.40. The molecule has 0 saturated carbocycles. The monoisotopic (exact) mass is 329 g/mol. The third-order valence-corrected chi connectivity index (χ3v) is 5.44. The van der Waals surface area contributed by atoms with E-state index in [1.165, 1.54) is 28.7 Å². The fraction of sp³-hybridized carbons (Fsp3) is 0.294. The van der Waals surface area contributed by atoms with Crippen LogP contribution < -0.4 is 5.32 Å². The number of nitrogens with zero attached hydrogens (tertiary/aromatic N) is 2. The van der Waals surface area contributed by atoms with Gasteiger partial charge in [-0.05, 0) is 43.0 Å². The lowest BCUT2D eigenvalue weighted by Gasteiger charge is -2.10. The van der Waals surface area contributed by atoms with Crippen molar-refractivity contribution in [2.24, 2.45) is 0 Å². The number of hydrogen-bond donors (Lipinski definition) is 1. The molecule has 2 aromatic heterocycles. The quantitative estimate of drug-likeness (QED) is 0.723. The van der Waals surface area contributed by atoms with Crippen molar-refractivity contribution in [3.63, 3.8) is 0 Å². The summed E-state index contributed by atoms with van der Waals surface area (Å²) in [7, 11) is 0. The van der Waals surface area contributed by atoms with Gasteiger partial charge in [0.15, 0.2) is 0 Å². The number of hydrogen-bond acceptors (Lipinski definition) is 4. The van der Waals surface area contributed by atoms with Crippen LogP contribution in [-0.2, 0) is 19.3 Å². The fourth-order valence-corrected chi connectivity index (χ4v) is 4.46. The van der Waals surface area contributed by atoms with Crippen LogP contribution in [0.3, 0.4) is 0 Å². The minimum atomic E-state index is 0.724. The first-order valence-corrected chi connectivity index (χ1v) is 8.78.